The van der Waals surface area contributed by atoms with E-state index in [1.807, 2.05) is 0 Å². The van der Waals surface area contributed by atoms with E-state index >= 15 is 0 Å². The smallest absolute Gasteiger partial charge is 0.472 e. The van der Waals surface area contributed by atoms with E-state index in [0.717, 1.165) is 103 Å². The second kappa shape index (κ2) is 70.7. The van der Waals surface area contributed by atoms with Crippen molar-refractivity contribution in [3.63, 3.8) is 0 Å². The fraction of sp³-hybridized carbons (Fsp3) is 0.946. The number of phosphoric ester groups is 2. The number of rotatable bonds is 77. The summed E-state index contributed by atoms with van der Waals surface area (Å²) in [4.78, 5) is 55.0. The number of carbonyl (C=O) groups is 2. The molecule has 0 spiro atoms. The molecule has 0 aliphatic heterocycles. The molecule has 6 atom stereocenters. The number of phosphoric acid groups is 2. The van der Waals surface area contributed by atoms with Gasteiger partial charge < -0.3 is 50.8 Å². The third-order valence-electron chi connectivity index (χ3n) is 17.8. The van der Waals surface area contributed by atoms with Crippen LogP contribution in [0.4, 0.5) is 0 Å². The Kier molecular flexibility index (Phi) is 69.8. The second-order valence-electron chi connectivity index (χ2n) is 27.0. The maximum atomic E-state index is 13.1. The molecule has 0 aliphatic carbocycles. The van der Waals surface area contributed by atoms with Gasteiger partial charge in [0.1, 0.15) is 0 Å². The number of hydrogen-bond donors (Lipinski definition) is 6. The van der Waals surface area contributed by atoms with Crippen LogP contribution >= 0.6 is 37.2 Å². The fourth-order valence-corrected chi connectivity index (χ4v) is 15.1. The average molecular weight is 1440 g/mol. The van der Waals surface area contributed by atoms with E-state index < -0.39 is 64.9 Å². The van der Waals surface area contributed by atoms with E-state index in [1.54, 1.807) is 0 Å². The Morgan fingerprint density at radius 3 is 0.844 bits per heavy atom. The highest BCUT2D eigenvalue weighted by Gasteiger charge is 2.29. The van der Waals surface area contributed by atoms with Crippen LogP contribution in [0.3, 0.4) is 0 Å². The summed E-state index contributed by atoms with van der Waals surface area (Å²) in [6, 6.07) is -1.80. The van der Waals surface area contributed by atoms with E-state index in [2.05, 4.69) is 48.3 Å². The molecule has 0 aromatic heterocycles. The first-order valence-electron chi connectivity index (χ1n) is 39.4. The van der Waals surface area contributed by atoms with Crippen molar-refractivity contribution in [2.75, 3.05) is 51.0 Å². The molecule has 0 rings (SSSR count). The lowest BCUT2D eigenvalue weighted by atomic mass is 10.0. The number of unbranched alkanes of at least 4 members (excludes halogenated alkanes) is 44. The molecule has 0 fully saturated rings. The SMILES string of the molecule is CCCCCCCCCCCCCCC[C@@H](O)[C@H](COP(=O)(O)OCCN=C([O-])CCSSCCC([O-])=NCCOP(=O)(O)OC[C@H](NC(=O)CCCCCCCCCCCCC)[C@H](O)CCCCCCCCCCCCCCC)NC(=O)CCCCCCCCCCCCC. The Balaban J connectivity index is 4.89. The minimum absolute atomic E-state index is 0.0899. The van der Waals surface area contributed by atoms with Gasteiger partial charge in [-0.25, -0.2) is 9.13 Å². The van der Waals surface area contributed by atoms with Gasteiger partial charge in [0.15, 0.2) is 0 Å². The summed E-state index contributed by atoms with van der Waals surface area (Å²) < 4.78 is 46.7. The van der Waals surface area contributed by atoms with Crippen LogP contribution in [0.15, 0.2) is 9.98 Å². The van der Waals surface area contributed by atoms with Gasteiger partial charge in [-0.05, 0) is 50.3 Å². The number of amides is 2. The van der Waals surface area contributed by atoms with Gasteiger partial charge in [-0.3, -0.25) is 27.7 Å². The summed E-state index contributed by atoms with van der Waals surface area (Å²) in [6.45, 7) is 7.02. The van der Waals surface area contributed by atoms with E-state index in [-0.39, 0.29) is 51.0 Å². The maximum Gasteiger partial charge on any atom is 0.472 e. The van der Waals surface area contributed by atoms with Crippen LogP contribution in [-0.2, 0) is 36.8 Å². The zero-order valence-electron chi connectivity index (χ0n) is 61.6. The van der Waals surface area contributed by atoms with Crippen molar-refractivity contribution in [1.82, 2.24) is 10.6 Å². The van der Waals surface area contributed by atoms with Crippen LogP contribution in [0.25, 0.3) is 0 Å². The molecule has 570 valence electrons. The van der Waals surface area contributed by atoms with Crippen molar-refractivity contribution in [2.45, 2.75) is 399 Å². The molecule has 2 unspecified atom stereocenters. The van der Waals surface area contributed by atoms with Gasteiger partial charge in [-0.1, -0.05) is 345 Å². The third kappa shape index (κ3) is 67.2. The van der Waals surface area contributed by atoms with Crippen molar-refractivity contribution >= 4 is 60.8 Å². The second-order valence-corrected chi connectivity index (χ2v) is 32.6. The molecule has 0 aromatic carbocycles. The normalized spacial score (nSPS) is 14.8. The monoisotopic (exact) mass is 1440 g/mol. The van der Waals surface area contributed by atoms with E-state index in [9.17, 15) is 48.9 Å². The molecule has 0 heterocycles. The summed E-state index contributed by atoms with van der Waals surface area (Å²) in [7, 11) is -6.49. The van der Waals surface area contributed by atoms with Crippen LogP contribution < -0.4 is 20.8 Å². The first-order chi connectivity index (χ1) is 46.6. The lowest BCUT2D eigenvalue weighted by Crippen LogP contribution is -2.46. The lowest BCUT2D eigenvalue weighted by molar-refractivity contribution is -0.219. The number of carbonyl (C=O) groups excluding carboxylic acids is 2. The third-order valence-corrected chi connectivity index (χ3v) is 22.2. The van der Waals surface area contributed by atoms with Gasteiger partial charge >= 0.3 is 15.6 Å². The van der Waals surface area contributed by atoms with E-state index in [4.69, 9.17) is 18.1 Å². The molecule has 0 saturated carbocycles. The first kappa shape index (κ1) is 94.7. The quantitative estimate of drug-likeness (QED) is 0.0109. The highest BCUT2D eigenvalue weighted by atomic mass is 33.1. The van der Waals surface area contributed by atoms with Crippen LogP contribution in [0.2, 0.25) is 0 Å². The van der Waals surface area contributed by atoms with Gasteiger partial charge in [-0.2, -0.15) is 0 Å². The average Bonchev–Trinajstić information content (AvgIpc) is 1.39. The number of aliphatic imine (C=N–C) groups is 2. The molecule has 0 radical (unpaired) electrons. The van der Waals surface area contributed by atoms with Crippen molar-refractivity contribution < 1.29 is 67.0 Å². The Morgan fingerprint density at radius 2 is 0.594 bits per heavy atom. The molecule has 0 aromatic rings. The van der Waals surface area contributed by atoms with E-state index in [1.165, 1.54) is 227 Å². The standard InChI is InChI=1S/C74H148N4O14P2S2/c1-5-9-13-17-21-25-29-31-35-37-41-45-49-53-69(79)67(77-73(83)55-51-47-43-39-33-27-23-19-15-11-7-3)65-91-93(85,86)89-61-59-75-71(81)57-63-95-96-64-58-72(82)76-60-62-90-94(87,88)92-66-68(78-74(84)56-52-48-44-40-34-28-24-20-16-12-8-4)70(80)54-50-46-42-38-36-32-30-26-22-18-14-10-6-2/h67-70,79-80H,5-66H2,1-4H3,(H,75,81)(H,76,82)(H,77,83)(H,78,84)(H,85,86)(H,87,88)/p-2/t67-,68-,69+,70+/m0/s1. The summed E-state index contributed by atoms with van der Waals surface area (Å²) in [5.74, 6) is -0.529. The maximum absolute atomic E-state index is 13.1. The Bertz CT molecular complexity index is 1770. The van der Waals surface area contributed by atoms with E-state index in [0.29, 0.717) is 37.2 Å². The minimum Gasteiger partial charge on any atom is -0.862 e. The van der Waals surface area contributed by atoms with Gasteiger partial charge in [0, 0.05) is 24.3 Å². The molecular formula is C74H146N4O14P2S2-2. The van der Waals surface area contributed by atoms with Crippen molar-refractivity contribution in [3.8, 4) is 0 Å². The summed E-state index contributed by atoms with van der Waals surface area (Å²) in [6.07, 6.45) is 56.3. The molecule has 96 heavy (non-hydrogen) atoms. The van der Waals surface area contributed by atoms with Gasteiger partial charge in [-0.15, -0.1) is 0 Å². The molecule has 0 bridgehead atoms. The van der Waals surface area contributed by atoms with Crippen molar-refractivity contribution in [1.29, 1.82) is 0 Å². The summed E-state index contributed by atoms with van der Waals surface area (Å²) in [5, 5.41) is 53.1. The number of aliphatic hydroxyl groups excluding tert-OH is 2. The number of nitrogens with zero attached hydrogens (tertiary/aromatic N) is 2. The zero-order valence-corrected chi connectivity index (χ0v) is 65.0. The minimum atomic E-state index is -4.62. The molecule has 0 aliphatic rings. The Morgan fingerprint density at radius 1 is 0.365 bits per heavy atom. The first-order valence-corrected chi connectivity index (χ1v) is 44.9. The molecule has 18 nitrogen and oxygen atoms in total. The van der Waals surface area contributed by atoms with Gasteiger partial charge in [0.05, 0.1) is 63.8 Å². The predicted molar refractivity (Wildman–Crippen MR) is 401 cm³/mol. The van der Waals surface area contributed by atoms with Crippen molar-refractivity contribution in [2.24, 2.45) is 9.98 Å². The largest absolute Gasteiger partial charge is 0.862 e. The van der Waals surface area contributed by atoms with Crippen molar-refractivity contribution in [3.05, 3.63) is 0 Å². The molecule has 2 amide bonds. The summed E-state index contributed by atoms with van der Waals surface area (Å²) >= 11 is 0. The fourth-order valence-electron chi connectivity index (χ4n) is 11.7. The number of nitrogens with one attached hydrogen (secondary N) is 2. The topological polar surface area (TPSA) is 281 Å². The summed E-state index contributed by atoms with van der Waals surface area (Å²) in [5.41, 5.74) is 0. The molecular weight excluding hydrogens is 1290 g/mol. The Hall–Kier alpha value is -1.28. The van der Waals surface area contributed by atoms with Crippen LogP contribution in [0, 0.1) is 0 Å². The van der Waals surface area contributed by atoms with Crippen LogP contribution in [0.1, 0.15) is 374 Å². The molecule has 0 saturated heterocycles. The zero-order chi connectivity index (χ0) is 70.5. The van der Waals surface area contributed by atoms with Gasteiger partial charge in [0.25, 0.3) is 0 Å². The van der Waals surface area contributed by atoms with Crippen LogP contribution in [-0.4, -0.2) is 119 Å². The highest BCUT2D eigenvalue weighted by Crippen LogP contribution is 2.44. The lowest BCUT2D eigenvalue weighted by Gasteiger charge is -2.25. The highest BCUT2D eigenvalue weighted by molar-refractivity contribution is 8.76. The molecule has 22 heteroatoms. The number of hydrogen-bond acceptors (Lipinski definition) is 16. The molecule has 6 N–H and O–H groups in total. The van der Waals surface area contributed by atoms with Gasteiger partial charge in [0.2, 0.25) is 11.8 Å². The number of aliphatic hydroxyl groups is 2. The Labute approximate surface area is 595 Å². The van der Waals surface area contributed by atoms with Crippen LogP contribution in [0.5, 0.6) is 0 Å². The predicted octanol–water partition coefficient (Wildman–Crippen LogP) is 19.0.